The topological polar surface area (TPSA) is 56.7 Å². The van der Waals surface area contributed by atoms with E-state index in [2.05, 4.69) is 15.6 Å². The van der Waals surface area contributed by atoms with Crippen molar-refractivity contribution in [3.63, 3.8) is 0 Å². The van der Waals surface area contributed by atoms with Crippen molar-refractivity contribution in [1.82, 2.24) is 15.5 Å². The Labute approximate surface area is 160 Å². The van der Waals surface area contributed by atoms with E-state index in [1.165, 1.54) is 7.05 Å². The average Bonchev–Trinajstić information content (AvgIpc) is 2.47. The van der Waals surface area contributed by atoms with Gasteiger partial charge in [0.1, 0.15) is 6.54 Å². The predicted molar refractivity (Wildman–Crippen MR) is 98.8 cm³/mol. The van der Waals surface area contributed by atoms with Gasteiger partial charge in [0, 0.05) is 25.7 Å². The smallest absolute Gasteiger partial charge is 0.352 e. The second kappa shape index (κ2) is 10.6. The van der Waals surface area contributed by atoms with Crippen LogP contribution in [0.5, 0.6) is 0 Å². The molecule has 10 heteroatoms. The van der Waals surface area contributed by atoms with Gasteiger partial charge in [-0.05, 0) is 17.7 Å². The molecule has 1 aromatic rings. The normalized spacial score (nSPS) is 11.5. The summed E-state index contributed by atoms with van der Waals surface area (Å²) in [6, 6.07) is 7.13. The van der Waals surface area contributed by atoms with Crippen LogP contribution < -0.4 is 10.6 Å². The van der Waals surface area contributed by atoms with Gasteiger partial charge in [-0.2, -0.15) is 13.2 Å². The molecule has 0 unspecified atom stereocenters. The molecule has 24 heavy (non-hydrogen) atoms. The average molecular weight is 479 g/mol. The van der Waals surface area contributed by atoms with E-state index < -0.39 is 18.6 Å². The molecule has 0 aliphatic rings. The lowest BCUT2D eigenvalue weighted by molar-refractivity contribution is -0.157. The zero-order valence-corrected chi connectivity index (χ0v) is 16.2. The van der Waals surface area contributed by atoms with E-state index in [1.807, 2.05) is 12.1 Å². The van der Waals surface area contributed by atoms with Crippen LogP contribution in [0.4, 0.5) is 13.2 Å². The lowest BCUT2D eigenvalue weighted by atomic mass is 10.2. The Morgan fingerprint density at radius 2 is 1.83 bits per heavy atom. The van der Waals surface area contributed by atoms with Crippen molar-refractivity contribution in [2.45, 2.75) is 12.7 Å². The highest BCUT2D eigenvalue weighted by molar-refractivity contribution is 14.0. The first-order chi connectivity index (χ1) is 10.7. The van der Waals surface area contributed by atoms with Crippen molar-refractivity contribution >= 4 is 47.4 Å². The molecular formula is C14H19ClF3IN4O. The van der Waals surface area contributed by atoms with Gasteiger partial charge >= 0.3 is 6.18 Å². The molecule has 0 saturated heterocycles. The van der Waals surface area contributed by atoms with Crippen LogP contribution in [0.3, 0.4) is 0 Å². The third kappa shape index (κ3) is 9.16. The highest BCUT2D eigenvalue weighted by atomic mass is 127. The number of benzene rings is 1. The predicted octanol–water partition coefficient (Wildman–Crippen LogP) is 2.64. The monoisotopic (exact) mass is 478 g/mol. The molecule has 0 saturated carbocycles. The largest absolute Gasteiger partial charge is 0.406 e. The molecule has 0 bridgehead atoms. The van der Waals surface area contributed by atoms with Gasteiger partial charge in [0.05, 0.1) is 6.54 Å². The van der Waals surface area contributed by atoms with Crippen molar-refractivity contribution in [3.05, 3.63) is 34.9 Å². The molecule has 0 fully saturated rings. The Hall–Kier alpha value is -1.23. The van der Waals surface area contributed by atoms with Crippen LogP contribution in [0.25, 0.3) is 0 Å². The Balaban J connectivity index is 0.00000529. The molecule has 5 nitrogen and oxygen atoms in total. The van der Waals surface area contributed by atoms with E-state index in [0.29, 0.717) is 22.4 Å². The van der Waals surface area contributed by atoms with Gasteiger partial charge in [0.15, 0.2) is 5.96 Å². The minimum Gasteiger partial charge on any atom is -0.352 e. The number of amides is 1. The number of likely N-dealkylation sites (N-methyl/N-ethyl adjacent to an activating group) is 1. The van der Waals surface area contributed by atoms with Crippen molar-refractivity contribution in [2.75, 3.05) is 27.2 Å². The summed E-state index contributed by atoms with van der Waals surface area (Å²) in [5.41, 5.74) is 0.942. The Bertz CT molecular complexity index is 552. The van der Waals surface area contributed by atoms with Crippen LogP contribution in [0.15, 0.2) is 29.3 Å². The molecule has 0 aromatic heterocycles. The minimum atomic E-state index is -4.42. The van der Waals surface area contributed by atoms with Gasteiger partial charge in [-0.15, -0.1) is 24.0 Å². The molecule has 1 aromatic carbocycles. The van der Waals surface area contributed by atoms with Crippen molar-refractivity contribution in [3.8, 4) is 0 Å². The minimum absolute atomic E-state index is 0. The van der Waals surface area contributed by atoms with Gasteiger partial charge < -0.3 is 15.5 Å². The van der Waals surface area contributed by atoms with Crippen LogP contribution in [0.1, 0.15) is 5.56 Å². The quantitative estimate of drug-likeness (QED) is 0.389. The number of rotatable bonds is 5. The van der Waals surface area contributed by atoms with Gasteiger partial charge in [0.25, 0.3) is 0 Å². The van der Waals surface area contributed by atoms with E-state index in [9.17, 15) is 18.0 Å². The second-order valence-corrected chi connectivity index (χ2v) is 5.21. The van der Waals surface area contributed by atoms with E-state index in [0.717, 1.165) is 12.6 Å². The molecule has 2 N–H and O–H groups in total. The third-order valence-corrected chi connectivity index (χ3v) is 3.10. The lowest BCUT2D eigenvalue weighted by Gasteiger charge is -2.20. The van der Waals surface area contributed by atoms with Crippen LogP contribution >= 0.6 is 35.6 Å². The number of alkyl halides is 3. The molecule has 0 atom stereocenters. The number of carbonyl (C=O) groups excluding carboxylic acids is 1. The van der Waals surface area contributed by atoms with E-state index in [1.54, 1.807) is 12.1 Å². The first-order valence-corrected chi connectivity index (χ1v) is 7.09. The number of nitrogens with zero attached hydrogens (tertiary/aromatic N) is 2. The van der Waals surface area contributed by atoms with Crippen molar-refractivity contribution in [2.24, 2.45) is 4.99 Å². The summed E-state index contributed by atoms with van der Waals surface area (Å²) >= 11 is 5.78. The van der Waals surface area contributed by atoms with Crippen molar-refractivity contribution in [1.29, 1.82) is 0 Å². The summed E-state index contributed by atoms with van der Waals surface area (Å²) in [5.74, 6) is -0.370. The zero-order chi connectivity index (χ0) is 17.5. The second-order valence-electron chi connectivity index (χ2n) is 4.77. The standard InChI is InChI=1S/C14H18ClF3N4O.HI/c1-19-13(20-7-10-3-5-11(15)6-4-10)21-8-12(23)22(2)9-14(16,17)18;/h3-6H,7-9H2,1-2H3,(H2,19,20,21);1H. The van der Waals surface area contributed by atoms with Crippen LogP contribution in [-0.4, -0.2) is 50.1 Å². The number of halogens is 5. The molecule has 1 rings (SSSR count). The van der Waals surface area contributed by atoms with Gasteiger partial charge in [-0.3, -0.25) is 9.79 Å². The van der Waals surface area contributed by atoms with Crippen LogP contribution in [0, 0.1) is 0 Å². The number of nitrogens with one attached hydrogen (secondary N) is 2. The summed E-state index contributed by atoms with van der Waals surface area (Å²) < 4.78 is 36.6. The number of carbonyl (C=O) groups is 1. The number of aliphatic imine (C=N–C) groups is 1. The third-order valence-electron chi connectivity index (χ3n) is 2.85. The summed E-state index contributed by atoms with van der Waals surface area (Å²) in [6.45, 7) is -1.14. The van der Waals surface area contributed by atoms with Crippen molar-refractivity contribution < 1.29 is 18.0 Å². The highest BCUT2D eigenvalue weighted by Crippen LogP contribution is 2.15. The molecule has 0 radical (unpaired) electrons. The highest BCUT2D eigenvalue weighted by Gasteiger charge is 2.31. The molecule has 0 spiro atoms. The molecule has 0 heterocycles. The lowest BCUT2D eigenvalue weighted by Crippen LogP contribution is -2.45. The maximum absolute atomic E-state index is 12.2. The Kier molecular flexibility index (Phi) is 10.1. The summed E-state index contributed by atoms with van der Waals surface area (Å²) in [5, 5.41) is 6.24. The maximum atomic E-state index is 12.2. The maximum Gasteiger partial charge on any atom is 0.406 e. The van der Waals surface area contributed by atoms with E-state index >= 15 is 0 Å². The molecule has 0 aliphatic carbocycles. The fraction of sp³-hybridized carbons (Fsp3) is 0.429. The number of hydrogen-bond acceptors (Lipinski definition) is 2. The molecule has 1 amide bonds. The summed E-state index contributed by atoms with van der Waals surface area (Å²) in [6.07, 6.45) is -4.42. The fourth-order valence-corrected chi connectivity index (χ4v) is 1.79. The van der Waals surface area contributed by atoms with Gasteiger partial charge in [0.2, 0.25) is 5.91 Å². The van der Waals surface area contributed by atoms with E-state index in [4.69, 9.17) is 11.6 Å². The fourth-order valence-electron chi connectivity index (χ4n) is 1.66. The Morgan fingerprint density at radius 1 is 1.25 bits per heavy atom. The van der Waals surface area contributed by atoms with E-state index in [-0.39, 0.29) is 30.5 Å². The summed E-state index contributed by atoms with van der Waals surface area (Å²) in [4.78, 5) is 16.1. The zero-order valence-electron chi connectivity index (χ0n) is 13.2. The molecule has 136 valence electrons. The van der Waals surface area contributed by atoms with Crippen LogP contribution in [0.2, 0.25) is 5.02 Å². The first kappa shape index (κ1) is 22.8. The van der Waals surface area contributed by atoms with Crippen LogP contribution in [-0.2, 0) is 11.3 Å². The first-order valence-electron chi connectivity index (χ1n) is 6.71. The van der Waals surface area contributed by atoms with Gasteiger partial charge in [-0.1, -0.05) is 23.7 Å². The SMILES string of the molecule is CN=C(NCC(=O)N(C)CC(F)(F)F)NCc1ccc(Cl)cc1.I. The molecule has 0 aliphatic heterocycles. The van der Waals surface area contributed by atoms with Gasteiger partial charge in [-0.25, -0.2) is 0 Å². The number of guanidine groups is 1. The number of hydrogen-bond donors (Lipinski definition) is 2. The molecular weight excluding hydrogens is 460 g/mol. The summed E-state index contributed by atoms with van der Waals surface area (Å²) in [7, 11) is 2.60. The Morgan fingerprint density at radius 3 is 2.33 bits per heavy atom.